The molecule has 4 N–H and O–H groups in total. The number of aromatic nitrogens is 1. The van der Waals surface area contributed by atoms with Crippen molar-refractivity contribution >= 4 is 11.8 Å². The van der Waals surface area contributed by atoms with Gasteiger partial charge in [-0.2, -0.15) is 13.2 Å². The fourth-order valence-electron chi connectivity index (χ4n) is 1.61. The summed E-state index contributed by atoms with van der Waals surface area (Å²) in [6.45, 7) is 0. The Morgan fingerprint density at radius 1 is 1.14 bits per heavy atom. The topological polar surface area (TPSA) is 112 Å². The predicted octanol–water partition coefficient (Wildman–Crippen LogP) is 1.56. The van der Waals surface area contributed by atoms with E-state index in [0.717, 1.165) is 18.2 Å². The predicted molar refractivity (Wildman–Crippen MR) is 64.0 cm³/mol. The standard InChI is InChI=1S/C12H8F3N3O3/c13-12(14,15)6-3-1-2-5(4-6)11-18-7(9(16)19)8(21-11)10(17)20/h1-4H,(H2,16,19)(H2,17,20). The number of hydrogen-bond donors (Lipinski definition) is 2. The Hall–Kier alpha value is -2.84. The molecule has 1 aromatic carbocycles. The first-order valence-electron chi connectivity index (χ1n) is 5.48. The van der Waals surface area contributed by atoms with Gasteiger partial charge < -0.3 is 15.9 Å². The number of primary amides is 2. The molecule has 0 aliphatic heterocycles. The number of carbonyl (C=O) groups is 2. The van der Waals surface area contributed by atoms with Gasteiger partial charge in [-0.15, -0.1) is 0 Å². The van der Waals surface area contributed by atoms with E-state index in [0.29, 0.717) is 0 Å². The average Bonchev–Trinajstić information content (AvgIpc) is 2.83. The van der Waals surface area contributed by atoms with Crippen LogP contribution in [0.5, 0.6) is 0 Å². The zero-order valence-electron chi connectivity index (χ0n) is 10.3. The lowest BCUT2D eigenvalue weighted by molar-refractivity contribution is -0.137. The second kappa shape index (κ2) is 4.93. The van der Waals surface area contributed by atoms with E-state index in [4.69, 9.17) is 15.9 Å². The van der Waals surface area contributed by atoms with E-state index in [1.165, 1.54) is 6.07 Å². The van der Waals surface area contributed by atoms with Gasteiger partial charge in [-0.05, 0) is 18.2 Å². The monoisotopic (exact) mass is 299 g/mol. The Labute approximate surface area is 115 Å². The van der Waals surface area contributed by atoms with Crippen LogP contribution in [-0.2, 0) is 6.18 Å². The molecule has 0 atom stereocenters. The highest BCUT2D eigenvalue weighted by atomic mass is 19.4. The number of nitrogens with zero attached hydrogens (tertiary/aromatic N) is 1. The summed E-state index contributed by atoms with van der Waals surface area (Å²) >= 11 is 0. The molecule has 2 aromatic rings. The van der Waals surface area contributed by atoms with E-state index in [2.05, 4.69) is 4.98 Å². The molecule has 0 saturated heterocycles. The van der Waals surface area contributed by atoms with Crippen molar-refractivity contribution in [1.29, 1.82) is 0 Å². The number of hydrogen-bond acceptors (Lipinski definition) is 4. The van der Waals surface area contributed by atoms with Crippen LogP contribution in [-0.4, -0.2) is 16.8 Å². The Morgan fingerprint density at radius 3 is 2.29 bits per heavy atom. The Balaban J connectivity index is 2.55. The molecule has 1 aromatic heterocycles. The molecular formula is C12H8F3N3O3. The van der Waals surface area contributed by atoms with Crippen LogP contribution in [0, 0.1) is 0 Å². The number of nitrogens with two attached hydrogens (primary N) is 2. The second-order valence-electron chi connectivity index (χ2n) is 4.00. The second-order valence-corrected chi connectivity index (χ2v) is 4.00. The van der Waals surface area contributed by atoms with Gasteiger partial charge in [-0.3, -0.25) is 9.59 Å². The molecule has 9 heteroatoms. The molecule has 2 rings (SSSR count). The fourth-order valence-corrected chi connectivity index (χ4v) is 1.61. The summed E-state index contributed by atoms with van der Waals surface area (Å²) in [4.78, 5) is 25.8. The van der Waals surface area contributed by atoms with Crippen molar-refractivity contribution in [2.24, 2.45) is 11.5 Å². The highest BCUT2D eigenvalue weighted by Crippen LogP contribution is 2.32. The molecule has 0 bridgehead atoms. The molecule has 0 aliphatic rings. The van der Waals surface area contributed by atoms with Crippen molar-refractivity contribution in [3.05, 3.63) is 41.3 Å². The normalized spacial score (nSPS) is 11.4. The van der Waals surface area contributed by atoms with Crippen LogP contribution in [0.4, 0.5) is 13.2 Å². The van der Waals surface area contributed by atoms with Crippen molar-refractivity contribution in [2.45, 2.75) is 6.18 Å². The Kier molecular flexibility index (Phi) is 3.42. The molecule has 0 spiro atoms. The summed E-state index contributed by atoms with van der Waals surface area (Å²) in [7, 11) is 0. The van der Waals surface area contributed by atoms with Gasteiger partial charge in [-0.1, -0.05) is 6.07 Å². The summed E-state index contributed by atoms with van der Waals surface area (Å²) in [6, 6.07) is 4.03. The first-order chi connectivity index (χ1) is 9.70. The molecular weight excluding hydrogens is 291 g/mol. The zero-order valence-corrected chi connectivity index (χ0v) is 10.3. The quantitative estimate of drug-likeness (QED) is 0.895. The maximum absolute atomic E-state index is 12.6. The molecule has 0 aliphatic carbocycles. The van der Waals surface area contributed by atoms with Crippen LogP contribution in [0.1, 0.15) is 26.6 Å². The Morgan fingerprint density at radius 2 is 1.81 bits per heavy atom. The van der Waals surface area contributed by atoms with Crippen molar-refractivity contribution in [3.8, 4) is 11.5 Å². The molecule has 6 nitrogen and oxygen atoms in total. The van der Waals surface area contributed by atoms with Crippen LogP contribution >= 0.6 is 0 Å². The summed E-state index contributed by atoms with van der Waals surface area (Å²) in [5.74, 6) is -3.14. The van der Waals surface area contributed by atoms with Gasteiger partial charge in [0.05, 0.1) is 5.56 Å². The molecule has 21 heavy (non-hydrogen) atoms. The number of rotatable bonds is 3. The molecule has 0 saturated carbocycles. The summed E-state index contributed by atoms with van der Waals surface area (Å²) in [6.07, 6.45) is -4.55. The highest BCUT2D eigenvalue weighted by molar-refractivity contribution is 6.03. The van der Waals surface area contributed by atoms with Gasteiger partial charge in [0.25, 0.3) is 11.8 Å². The van der Waals surface area contributed by atoms with Gasteiger partial charge in [0.1, 0.15) is 0 Å². The molecule has 0 fully saturated rings. The van der Waals surface area contributed by atoms with Gasteiger partial charge >= 0.3 is 6.18 Å². The fraction of sp³-hybridized carbons (Fsp3) is 0.0833. The lowest BCUT2D eigenvalue weighted by Crippen LogP contribution is -2.19. The number of oxazole rings is 1. The first-order valence-corrected chi connectivity index (χ1v) is 5.48. The lowest BCUT2D eigenvalue weighted by Gasteiger charge is -2.06. The van der Waals surface area contributed by atoms with Gasteiger partial charge in [0, 0.05) is 5.56 Å². The zero-order chi connectivity index (χ0) is 15.8. The minimum Gasteiger partial charge on any atom is -0.430 e. The summed E-state index contributed by atoms with van der Waals surface area (Å²) in [5.41, 5.74) is 8.44. The number of amides is 2. The van der Waals surface area contributed by atoms with Crippen LogP contribution in [0.15, 0.2) is 28.7 Å². The van der Waals surface area contributed by atoms with E-state index >= 15 is 0 Å². The third-order valence-corrected chi connectivity index (χ3v) is 2.52. The van der Waals surface area contributed by atoms with Crippen LogP contribution in [0.2, 0.25) is 0 Å². The number of benzene rings is 1. The van der Waals surface area contributed by atoms with Gasteiger partial charge in [-0.25, -0.2) is 4.98 Å². The average molecular weight is 299 g/mol. The SMILES string of the molecule is NC(=O)c1nc(-c2cccc(C(F)(F)F)c2)oc1C(N)=O. The maximum atomic E-state index is 12.6. The lowest BCUT2D eigenvalue weighted by atomic mass is 10.1. The molecule has 0 unspecified atom stereocenters. The number of halogens is 3. The number of alkyl halides is 3. The van der Waals surface area contributed by atoms with Crippen LogP contribution < -0.4 is 11.5 Å². The van der Waals surface area contributed by atoms with E-state index in [1.807, 2.05) is 0 Å². The van der Waals surface area contributed by atoms with Gasteiger partial charge in [0.15, 0.2) is 5.69 Å². The van der Waals surface area contributed by atoms with E-state index < -0.39 is 35.0 Å². The van der Waals surface area contributed by atoms with E-state index in [-0.39, 0.29) is 11.5 Å². The van der Waals surface area contributed by atoms with Crippen LogP contribution in [0.3, 0.4) is 0 Å². The minimum absolute atomic E-state index is 0.0696. The molecule has 1 heterocycles. The van der Waals surface area contributed by atoms with Crippen molar-refractivity contribution < 1.29 is 27.2 Å². The van der Waals surface area contributed by atoms with E-state index in [1.54, 1.807) is 0 Å². The molecule has 110 valence electrons. The Bertz CT molecular complexity index is 691. The minimum atomic E-state index is -4.55. The highest BCUT2D eigenvalue weighted by Gasteiger charge is 2.31. The summed E-state index contributed by atoms with van der Waals surface area (Å²) in [5, 5.41) is 0. The van der Waals surface area contributed by atoms with Crippen LogP contribution in [0.25, 0.3) is 11.5 Å². The first kappa shape index (κ1) is 14.6. The van der Waals surface area contributed by atoms with Crippen molar-refractivity contribution in [3.63, 3.8) is 0 Å². The number of carbonyl (C=O) groups excluding carboxylic acids is 2. The maximum Gasteiger partial charge on any atom is 0.416 e. The van der Waals surface area contributed by atoms with Crippen molar-refractivity contribution in [2.75, 3.05) is 0 Å². The van der Waals surface area contributed by atoms with Crippen molar-refractivity contribution in [1.82, 2.24) is 4.98 Å². The third-order valence-electron chi connectivity index (χ3n) is 2.52. The molecule has 2 amide bonds. The summed E-state index contributed by atoms with van der Waals surface area (Å²) < 4.78 is 42.8. The molecule has 0 radical (unpaired) electrons. The smallest absolute Gasteiger partial charge is 0.416 e. The third kappa shape index (κ3) is 2.86. The van der Waals surface area contributed by atoms with E-state index in [9.17, 15) is 22.8 Å². The largest absolute Gasteiger partial charge is 0.430 e. The van der Waals surface area contributed by atoms with Gasteiger partial charge in [0.2, 0.25) is 11.7 Å².